The van der Waals surface area contributed by atoms with Gasteiger partial charge in [0.1, 0.15) is 16.0 Å². The average Bonchev–Trinajstić information content (AvgIpc) is 2.57. The quantitative estimate of drug-likeness (QED) is 0.587. The molecular formula is C12H7F2NO3S2. The molecule has 0 aliphatic carbocycles. The number of likely N-dealkylation sites (N-methyl/N-ethyl adjacent to an activating group) is 1. The number of nitrogens with zero attached hydrogens (tertiary/aromatic N) is 1. The Hall–Kier alpha value is -1.89. The van der Waals surface area contributed by atoms with E-state index < -0.39 is 11.6 Å². The molecule has 8 heteroatoms. The molecule has 0 N–H and O–H groups in total. The van der Waals surface area contributed by atoms with Crippen LogP contribution in [-0.4, -0.2) is 28.3 Å². The van der Waals surface area contributed by atoms with Crippen molar-refractivity contribution < 1.29 is 23.2 Å². The minimum absolute atomic E-state index is 0.250. The number of benzene rings is 1. The standard InChI is InChI=1S/C11H7F2NOS2.CO2/c1-14-10(15)9(17-11(14)16)4-6-2-7(12)5-8(13)3-6;2-1-3/h2-5H,1H3;/b9-4-;. The van der Waals surface area contributed by atoms with Crippen molar-refractivity contribution in [2.45, 2.75) is 0 Å². The number of rotatable bonds is 1. The number of hydrogen-bond acceptors (Lipinski definition) is 5. The van der Waals surface area contributed by atoms with E-state index in [0.717, 1.165) is 30.0 Å². The van der Waals surface area contributed by atoms with E-state index in [2.05, 4.69) is 0 Å². The van der Waals surface area contributed by atoms with E-state index in [1.807, 2.05) is 0 Å². The van der Waals surface area contributed by atoms with E-state index in [9.17, 15) is 13.6 Å². The highest BCUT2D eigenvalue weighted by atomic mass is 32.2. The van der Waals surface area contributed by atoms with Crippen LogP contribution in [0.5, 0.6) is 0 Å². The molecule has 1 amide bonds. The summed E-state index contributed by atoms with van der Waals surface area (Å²) in [7, 11) is 1.56. The summed E-state index contributed by atoms with van der Waals surface area (Å²) in [6, 6.07) is 3.10. The summed E-state index contributed by atoms with van der Waals surface area (Å²) in [5, 5.41) is 0. The molecule has 104 valence electrons. The second-order valence-corrected chi connectivity index (χ2v) is 5.20. The van der Waals surface area contributed by atoms with Crippen molar-refractivity contribution in [3.63, 3.8) is 0 Å². The van der Waals surface area contributed by atoms with Gasteiger partial charge in [-0.1, -0.05) is 24.0 Å². The number of hydrogen-bond donors (Lipinski definition) is 0. The lowest BCUT2D eigenvalue weighted by atomic mass is 10.2. The van der Waals surface area contributed by atoms with Gasteiger partial charge in [0.05, 0.1) is 4.91 Å². The van der Waals surface area contributed by atoms with E-state index >= 15 is 0 Å². The zero-order chi connectivity index (χ0) is 15.3. The van der Waals surface area contributed by atoms with Gasteiger partial charge in [0.2, 0.25) is 0 Å². The van der Waals surface area contributed by atoms with Crippen molar-refractivity contribution in [1.82, 2.24) is 4.90 Å². The van der Waals surface area contributed by atoms with Gasteiger partial charge >= 0.3 is 6.15 Å². The van der Waals surface area contributed by atoms with Crippen molar-refractivity contribution >= 4 is 46.4 Å². The van der Waals surface area contributed by atoms with Gasteiger partial charge in [-0.3, -0.25) is 9.69 Å². The molecule has 0 spiro atoms. The van der Waals surface area contributed by atoms with Gasteiger partial charge in [0, 0.05) is 13.1 Å². The van der Waals surface area contributed by atoms with Crippen LogP contribution in [0.25, 0.3) is 6.08 Å². The molecule has 1 heterocycles. The van der Waals surface area contributed by atoms with Gasteiger partial charge in [-0.05, 0) is 23.8 Å². The topological polar surface area (TPSA) is 54.5 Å². The maximum absolute atomic E-state index is 13.0. The number of thioether (sulfide) groups is 1. The Morgan fingerprint density at radius 2 is 1.75 bits per heavy atom. The number of amides is 1. The second-order valence-electron chi connectivity index (χ2n) is 3.53. The normalized spacial score (nSPS) is 15.9. The molecule has 1 aromatic carbocycles. The first-order chi connectivity index (χ1) is 9.38. The first kappa shape index (κ1) is 16.2. The highest BCUT2D eigenvalue weighted by molar-refractivity contribution is 8.26. The summed E-state index contributed by atoms with van der Waals surface area (Å²) in [5.74, 6) is -1.61. The summed E-state index contributed by atoms with van der Waals surface area (Å²) in [6.07, 6.45) is 1.68. The molecule has 0 saturated carbocycles. The maximum atomic E-state index is 13.0. The third kappa shape index (κ3) is 4.06. The first-order valence-corrected chi connectivity index (χ1v) is 6.28. The van der Waals surface area contributed by atoms with E-state index in [1.165, 1.54) is 11.0 Å². The van der Waals surface area contributed by atoms with Crippen molar-refractivity contribution in [3.05, 3.63) is 40.3 Å². The highest BCUT2D eigenvalue weighted by Crippen LogP contribution is 2.31. The summed E-state index contributed by atoms with van der Waals surface area (Å²) in [6.45, 7) is 0. The van der Waals surface area contributed by atoms with Crippen LogP contribution in [0.3, 0.4) is 0 Å². The molecule has 0 bridgehead atoms. The molecule has 2 rings (SSSR count). The molecule has 0 radical (unpaired) electrons. The van der Waals surface area contributed by atoms with Crippen LogP contribution >= 0.6 is 24.0 Å². The average molecular weight is 315 g/mol. The predicted molar refractivity (Wildman–Crippen MR) is 72.3 cm³/mol. The van der Waals surface area contributed by atoms with Gasteiger partial charge < -0.3 is 0 Å². The lowest BCUT2D eigenvalue weighted by molar-refractivity contribution is -0.191. The molecule has 1 fully saturated rings. The molecule has 1 aliphatic rings. The van der Waals surface area contributed by atoms with Crippen LogP contribution in [0.1, 0.15) is 5.56 Å². The van der Waals surface area contributed by atoms with Gasteiger partial charge in [0.25, 0.3) is 5.91 Å². The maximum Gasteiger partial charge on any atom is 0.373 e. The Morgan fingerprint density at radius 3 is 2.15 bits per heavy atom. The van der Waals surface area contributed by atoms with Crippen molar-refractivity contribution in [2.24, 2.45) is 0 Å². The van der Waals surface area contributed by atoms with Crippen LogP contribution in [-0.2, 0) is 14.4 Å². The number of carbonyl (C=O) groups excluding carboxylic acids is 3. The Kier molecular flexibility index (Phi) is 5.69. The van der Waals surface area contributed by atoms with Gasteiger partial charge in [-0.25, -0.2) is 8.78 Å². The summed E-state index contributed by atoms with van der Waals surface area (Å²) in [5.41, 5.74) is 0.302. The van der Waals surface area contributed by atoms with E-state index in [-0.39, 0.29) is 12.1 Å². The second kappa shape index (κ2) is 7.04. The summed E-state index contributed by atoms with van der Waals surface area (Å²) in [4.78, 5) is 29.6. The van der Waals surface area contributed by atoms with Crippen LogP contribution < -0.4 is 0 Å². The molecular weight excluding hydrogens is 308 g/mol. The zero-order valence-corrected chi connectivity index (χ0v) is 11.7. The predicted octanol–water partition coefficient (Wildman–Crippen LogP) is 2.21. The molecule has 1 saturated heterocycles. The molecule has 0 unspecified atom stereocenters. The molecule has 0 aromatic heterocycles. The number of thiocarbonyl (C=S) groups is 1. The fourth-order valence-corrected chi connectivity index (χ4v) is 2.53. The van der Waals surface area contributed by atoms with Crippen LogP contribution in [0.4, 0.5) is 8.78 Å². The number of halogens is 2. The Morgan fingerprint density at radius 1 is 1.25 bits per heavy atom. The summed E-state index contributed by atoms with van der Waals surface area (Å²) < 4.78 is 26.3. The van der Waals surface area contributed by atoms with E-state index in [0.29, 0.717) is 14.8 Å². The number of carbonyl (C=O) groups is 1. The minimum atomic E-state index is -0.678. The smallest absolute Gasteiger partial charge is 0.296 e. The molecule has 20 heavy (non-hydrogen) atoms. The third-order valence-electron chi connectivity index (χ3n) is 2.17. The Labute approximate surface area is 122 Å². The molecule has 1 aromatic rings. The lowest BCUT2D eigenvalue weighted by Crippen LogP contribution is -2.22. The SMILES string of the molecule is CN1C(=O)/C(=C/c2cc(F)cc(F)c2)SC1=S.O=C=O. The summed E-state index contributed by atoms with van der Waals surface area (Å²) >= 11 is 6.06. The lowest BCUT2D eigenvalue weighted by Gasteiger charge is -2.03. The van der Waals surface area contributed by atoms with E-state index in [1.54, 1.807) is 7.05 Å². The highest BCUT2D eigenvalue weighted by Gasteiger charge is 2.28. The van der Waals surface area contributed by atoms with Gasteiger partial charge in [-0.2, -0.15) is 9.59 Å². The Balaban J connectivity index is 0.000000612. The van der Waals surface area contributed by atoms with E-state index in [4.69, 9.17) is 21.8 Å². The van der Waals surface area contributed by atoms with Crippen LogP contribution in [0.2, 0.25) is 0 Å². The third-order valence-corrected chi connectivity index (χ3v) is 3.65. The fourth-order valence-electron chi connectivity index (χ4n) is 1.36. The van der Waals surface area contributed by atoms with Gasteiger partial charge in [0.15, 0.2) is 0 Å². The first-order valence-electron chi connectivity index (χ1n) is 5.06. The van der Waals surface area contributed by atoms with Crippen LogP contribution in [0.15, 0.2) is 23.1 Å². The molecule has 4 nitrogen and oxygen atoms in total. The van der Waals surface area contributed by atoms with Crippen molar-refractivity contribution in [3.8, 4) is 0 Å². The van der Waals surface area contributed by atoms with Crippen molar-refractivity contribution in [1.29, 1.82) is 0 Å². The molecule has 0 atom stereocenters. The monoisotopic (exact) mass is 315 g/mol. The zero-order valence-electron chi connectivity index (χ0n) is 10.1. The fraction of sp³-hybridized carbons (Fsp3) is 0.0833. The van der Waals surface area contributed by atoms with Crippen molar-refractivity contribution in [2.75, 3.05) is 7.05 Å². The minimum Gasteiger partial charge on any atom is -0.296 e. The van der Waals surface area contributed by atoms with Gasteiger partial charge in [-0.15, -0.1) is 0 Å². The Bertz CT molecular complexity index is 605. The van der Waals surface area contributed by atoms with Crippen LogP contribution in [0, 0.1) is 11.6 Å². The molecule has 1 aliphatic heterocycles. The largest absolute Gasteiger partial charge is 0.373 e.